The molecule has 3 rings (SSSR count). The standard InChI is InChI=1S/C17H19ClN2O4/c1-9-11(7-16(22)23)12-6-15(21)13(18)8-14(12)20(9)17(24)10-2-4-19-5-3-10/h6,8,10,19,21H,2-5,7H2,1H3,(H,22,23). The van der Waals surface area contributed by atoms with Crippen molar-refractivity contribution in [1.29, 1.82) is 0 Å². The van der Waals surface area contributed by atoms with E-state index in [1.807, 2.05) is 0 Å². The summed E-state index contributed by atoms with van der Waals surface area (Å²) in [6.45, 7) is 3.32. The van der Waals surface area contributed by atoms with Gasteiger partial charge in [0.05, 0.1) is 17.0 Å². The van der Waals surface area contributed by atoms with Crippen molar-refractivity contribution in [3.05, 3.63) is 28.4 Å². The molecule has 128 valence electrons. The van der Waals surface area contributed by atoms with E-state index in [9.17, 15) is 19.8 Å². The highest BCUT2D eigenvalue weighted by atomic mass is 35.5. The first-order valence-electron chi connectivity index (χ1n) is 7.89. The van der Waals surface area contributed by atoms with Crippen molar-refractivity contribution in [2.75, 3.05) is 13.1 Å². The van der Waals surface area contributed by atoms with Crippen molar-refractivity contribution in [2.24, 2.45) is 5.92 Å². The number of nitrogens with one attached hydrogen (secondary N) is 1. The van der Waals surface area contributed by atoms with E-state index < -0.39 is 5.97 Å². The van der Waals surface area contributed by atoms with Gasteiger partial charge >= 0.3 is 5.97 Å². The second-order valence-electron chi connectivity index (χ2n) is 6.15. The molecule has 7 heteroatoms. The van der Waals surface area contributed by atoms with E-state index in [0.717, 1.165) is 25.9 Å². The van der Waals surface area contributed by atoms with Crippen molar-refractivity contribution in [1.82, 2.24) is 9.88 Å². The average molecular weight is 351 g/mol. The summed E-state index contributed by atoms with van der Waals surface area (Å²) in [7, 11) is 0. The van der Waals surface area contributed by atoms with Gasteiger partial charge in [0.1, 0.15) is 5.75 Å². The molecule has 2 aromatic rings. The molecular formula is C17H19ClN2O4. The van der Waals surface area contributed by atoms with Crippen LogP contribution in [0.5, 0.6) is 5.75 Å². The molecule has 1 aromatic heterocycles. The number of nitrogens with zero attached hydrogens (tertiary/aromatic N) is 1. The third-order valence-corrected chi connectivity index (χ3v) is 4.94. The molecule has 1 fully saturated rings. The van der Waals surface area contributed by atoms with Crippen molar-refractivity contribution in [3.63, 3.8) is 0 Å². The summed E-state index contributed by atoms with van der Waals surface area (Å²) in [6, 6.07) is 2.97. The molecule has 0 aliphatic carbocycles. The number of rotatable bonds is 3. The van der Waals surface area contributed by atoms with E-state index >= 15 is 0 Å². The summed E-state index contributed by atoms with van der Waals surface area (Å²) in [5, 5.41) is 23.0. The fourth-order valence-corrected chi connectivity index (χ4v) is 3.56. The molecule has 6 nitrogen and oxygen atoms in total. The Bertz CT molecular complexity index is 822. The van der Waals surface area contributed by atoms with Gasteiger partial charge in [-0.2, -0.15) is 0 Å². The van der Waals surface area contributed by atoms with Crippen LogP contribution in [0.15, 0.2) is 12.1 Å². The number of aliphatic carboxylic acids is 1. The van der Waals surface area contributed by atoms with Crippen LogP contribution in [0.4, 0.5) is 0 Å². The smallest absolute Gasteiger partial charge is 0.307 e. The van der Waals surface area contributed by atoms with Crippen molar-refractivity contribution in [2.45, 2.75) is 26.2 Å². The maximum Gasteiger partial charge on any atom is 0.307 e. The maximum absolute atomic E-state index is 13.0. The molecule has 24 heavy (non-hydrogen) atoms. The maximum atomic E-state index is 13.0. The van der Waals surface area contributed by atoms with Crippen LogP contribution in [0.1, 0.15) is 28.9 Å². The zero-order valence-electron chi connectivity index (χ0n) is 13.3. The summed E-state index contributed by atoms with van der Waals surface area (Å²) in [5.74, 6) is -1.26. The number of aromatic hydroxyl groups is 1. The number of fused-ring (bicyclic) bond motifs is 1. The van der Waals surface area contributed by atoms with E-state index in [1.54, 1.807) is 11.5 Å². The number of benzene rings is 1. The Hall–Kier alpha value is -2.05. The topological polar surface area (TPSA) is 91.6 Å². The highest BCUT2D eigenvalue weighted by Gasteiger charge is 2.27. The van der Waals surface area contributed by atoms with Crippen LogP contribution >= 0.6 is 11.6 Å². The summed E-state index contributed by atoms with van der Waals surface area (Å²) in [4.78, 5) is 24.2. The minimum atomic E-state index is -0.985. The predicted octanol–water partition coefficient (Wildman–Crippen LogP) is 2.58. The Morgan fingerprint density at radius 3 is 2.62 bits per heavy atom. The minimum Gasteiger partial charge on any atom is -0.506 e. The van der Waals surface area contributed by atoms with Crippen LogP contribution in [0.25, 0.3) is 10.9 Å². The molecule has 0 unspecified atom stereocenters. The lowest BCUT2D eigenvalue weighted by Gasteiger charge is -2.22. The van der Waals surface area contributed by atoms with E-state index in [0.29, 0.717) is 22.2 Å². The number of phenolic OH excluding ortho intramolecular Hbond substituents is 1. The van der Waals surface area contributed by atoms with E-state index in [2.05, 4.69) is 5.32 Å². The van der Waals surface area contributed by atoms with E-state index in [-0.39, 0.29) is 29.0 Å². The zero-order chi connectivity index (χ0) is 17.4. The van der Waals surface area contributed by atoms with Gasteiger partial charge in [-0.15, -0.1) is 0 Å². The zero-order valence-corrected chi connectivity index (χ0v) is 14.1. The Kier molecular flexibility index (Phi) is 4.51. The highest BCUT2D eigenvalue weighted by Crippen LogP contribution is 2.35. The Morgan fingerprint density at radius 2 is 2.00 bits per heavy atom. The summed E-state index contributed by atoms with van der Waals surface area (Å²) >= 11 is 6.02. The molecular weight excluding hydrogens is 332 g/mol. The number of carbonyl (C=O) groups is 2. The van der Waals surface area contributed by atoms with Gasteiger partial charge in [-0.1, -0.05) is 11.6 Å². The fourth-order valence-electron chi connectivity index (χ4n) is 3.40. The second kappa shape index (κ2) is 6.45. The number of carbonyl (C=O) groups excluding carboxylic acids is 1. The van der Waals surface area contributed by atoms with Gasteiger partial charge in [-0.3, -0.25) is 14.2 Å². The van der Waals surface area contributed by atoms with Crippen LogP contribution in [0.2, 0.25) is 5.02 Å². The SMILES string of the molecule is Cc1c(CC(=O)O)c2cc(O)c(Cl)cc2n1C(=O)C1CCNCC1. The van der Waals surface area contributed by atoms with Gasteiger partial charge in [-0.25, -0.2) is 0 Å². The van der Waals surface area contributed by atoms with Crippen molar-refractivity contribution >= 4 is 34.4 Å². The Morgan fingerprint density at radius 1 is 1.33 bits per heavy atom. The monoisotopic (exact) mass is 350 g/mol. The first kappa shape index (κ1) is 16.8. The number of hydrogen-bond acceptors (Lipinski definition) is 4. The predicted molar refractivity (Wildman–Crippen MR) is 90.9 cm³/mol. The minimum absolute atomic E-state index is 0.0441. The van der Waals surface area contributed by atoms with Gasteiger partial charge in [0.2, 0.25) is 5.91 Å². The largest absolute Gasteiger partial charge is 0.506 e. The molecule has 0 bridgehead atoms. The first-order valence-corrected chi connectivity index (χ1v) is 8.27. The summed E-state index contributed by atoms with van der Waals surface area (Å²) < 4.78 is 1.56. The molecule has 0 radical (unpaired) electrons. The average Bonchev–Trinajstić information content (AvgIpc) is 2.80. The quantitative estimate of drug-likeness (QED) is 0.791. The number of piperidine rings is 1. The molecule has 3 N–H and O–H groups in total. The number of carboxylic acids is 1. The third-order valence-electron chi connectivity index (χ3n) is 4.64. The lowest BCUT2D eigenvalue weighted by atomic mass is 9.97. The fraction of sp³-hybridized carbons (Fsp3) is 0.412. The first-order chi connectivity index (χ1) is 11.4. The molecule has 0 spiro atoms. The summed E-state index contributed by atoms with van der Waals surface area (Å²) in [5.41, 5.74) is 1.68. The van der Waals surface area contributed by atoms with E-state index in [4.69, 9.17) is 11.6 Å². The number of phenols is 1. The molecule has 0 atom stereocenters. The van der Waals surface area contributed by atoms with Crippen LogP contribution in [-0.2, 0) is 11.2 Å². The number of hydrogen-bond donors (Lipinski definition) is 3. The van der Waals surface area contributed by atoms with Crippen LogP contribution in [0.3, 0.4) is 0 Å². The molecule has 0 amide bonds. The van der Waals surface area contributed by atoms with Gasteiger partial charge in [0.15, 0.2) is 0 Å². The molecule has 1 aromatic carbocycles. The van der Waals surface area contributed by atoms with Crippen LogP contribution in [-0.4, -0.2) is 39.7 Å². The van der Waals surface area contributed by atoms with Crippen molar-refractivity contribution in [3.8, 4) is 5.75 Å². The van der Waals surface area contributed by atoms with Gasteiger partial charge in [-0.05, 0) is 50.6 Å². The van der Waals surface area contributed by atoms with E-state index in [1.165, 1.54) is 12.1 Å². The van der Waals surface area contributed by atoms with Crippen LogP contribution in [0, 0.1) is 12.8 Å². The lowest BCUT2D eigenvalue weighted by molar-refractivity contribution is -0.136. The third kappa shape index (κ3) is 2.87. The highest BCUT2D eigenvalue weighted by molar-refractivity contribution is 6.32. The molecule has 0 saturated carbocycles. The van der Waals surface area contributed by atoms with Crippen LogP contribution < -0.4 is 5.32 Å². The normalized spacial score (nSPS) is 15.8. The van der Waals surface area contributed by atoms with Gasteiger partial charge < -0.3 is 15.5 Å². The number of aromatic nitrogens is 1. The van der Waals surface area contributed by atoms with Gasteiger partial charge in [0.25, 0.3) is 0 Å². The lowest BCUT2D eigenvalue weighted by Crippen LogP contribution is -2.34. The molecule has 1 saturated heterocycles. The number of halogens is 1. The molecule has 2 heterocycles. The summed E-state index contributed by atoms with van der Waals surface area (Å²) in [6.07, 6.45) is 1.28. The number of carboxylic acid groups (broad SMARTS) is 1. The molecule has 1 aliphatic heterocycles. The Balaban J connectivity index is 2.18. The Labute approximate surface area is 144 Å². The molecule has 1 aliphatic rings. The van der Waals surface area contributed by atoms with Crippen molar-refractivity contribution < 1.29 is 19.8 Å². The van der Waals surface area contributed by atoms with Gasteiger partial charge in [0, 0.05) is 17.0 Å². The second-order valence-corrected chi connectivity index (χ2v) is 6.56.